The van der Waals surface area contributed by atoms with Crippen molar-refractivity contribution >= 4 is 58.0 Å². The molecule has 29 heteroatoms. The third kappa shape index (κ3) is 12.3. The number of anilines is 2. The van der Waals surface area contributed by atoms with Crippen LogP contribution in [-0.2, 0) is 50.6 Å². The number of imidazole rings is 1. The molecule has 296 valence electrons. The molecule has 1 aliphatic rings. The molecule has 9 N–H and O–H groups in total. The summed E-state index contributed by atoms with van der Waals surface area (Å²) in [6, 6.07) is 3.06. The maximum atomic E-state index is 13.7. The Morgan fingerprint density at radius 3 is 2.56 bits per heavy atom. The number of ether oxygens (including phenoxy) is 4. The lowest BCUT2D eigenvalue weighted by Gasteiger charge is -2.22. The van der Waals surface area contributed by atoms with Gasteiger partial charge in [-0.1, -0.05) is 12.0 Å². The molecule has 2 aromatic heterocycles. The molecule has 1 aliphatic heterocycles. The Hall–Kier alpha value is -3.93. The lowest BCUT2D eigenvalue weighted by atomic mass is 10.0. The smallest absolute Gasteiger partial charge is 0.456 e. The molecule has 0 saturated carbocycles. The predicted molar refractivity (Wildman–Crippen MR) is 181 cm³/mol. The molecular formula is C25H35N10O16P3. The van der Waals surface area contributed by atoms with Gasteiger partial charge in [-0.25, -0.2) is 33.4 Å². The first-order valence-electron chi connectivity index (χ1n) is 15.3. The molecule has 3 heterocycles. The number of nitrogens with zero attached hydrogens (tertiary/aromatic N) is 7. The normalized spacial score (nSPS) is 20.1. The number of rotatable bonds is 20. The number of aromatic nitrogens is 4. The Balaban J connectivity index is 1.55. The molecule has 1 aromatic carbocycles. The molecule has 3 aromatic rings. The Morgan fingerprint density at radius 1 is 1.11 bits per heavy atom. The summed E-state index contributed by atoms with van der Waals surface area (Å²) in [5.41, 5.74) is 20.9. The van der Waals surface area contributed by atoms with Gasteiger partial charge in [-0.2, -0.15) is 8.62 Å². The van der Waals surface area contributed by atoms with Crippen molar-refractivity contribution in [3.8, 4) is 0 Å². The van der Waals surface area contributed by atoms with Crippen LogP contribution >= 0.6 is 23.5 Å². The molecule has 0 aliphatic carbocycles. The molecule has 0 radical (unpaired) electrons. The van der Waals surface area contributed by atoms with Crippen LogP contribution in [0, 0.1) is 0 Å². The third-order valence-electron chi connectivity index (χ3n) is 7.05. The van der Waals surface area contributed by atoms with Gasteiger partial charge < -0.3 is 55.3 Å². The Bertz CT molecular complexity index is 2010. The highest BCUT2D eigenvalue weighted by Crippen LogP contribution is 2.66. The highest BCUT2D eigenvalue weighted by molar-refractivity contribution is 7.66. The zero-order valence-corrected chi connectivity index (χ0v) is 30.6. The van der Waals surface area contributed by atoms with E-state index < -0.39 is 66.4 Å². The van der Waals surface area contributed by atoms with Gasteiger partial charge in [0.15, 0.2) is 11.5 Å². The monoisotopic (exact) mass is 824 g/mol. The number of phosphoric acid groups is 3. The Kier molecular flexibility index (Phi) is 14.7. The maximum Gasteiger partial charge on any atom is 0.490 e. The summed E-state index contributed by atoms with van der Waals surface area (Å²) in [7, 11) is -17.1. The average Bonchev–Trinajstić information content (AvgIpc) is 3.68. The second-order valence-corrected chi connectivity index (χ2v) is 15.4. The van der Waals surface area contributed by atoms with Gasteiger partial charge in [0.25, 0.3) is 0 Å². The molecule has 1 fully saturated rings. The first-order valence-corrected chi connectivity index (χ1v) is 19.9. The van der Waals surface area contributed by atoms with Crippen LogP contribution in [0.3, 0.4) is 0 Å². The van der Waals surface area contributed by atoms with Gasteiger partial charge in [0, 0.05) is 23.6 Å². The number of nitrogens with one attached hydrogen (secondary N) is 1. The number of benzene rings is 1. The number of hydrogen-bond acceptors (Lipinski definition) is 18. The summed E-state index contributed by atoms with van der Waals surface area (Å²) in [6.07, 6.45) is -1.54. The van der Waals surface area contributed by atoms with Crippen LogP contribution in [0.2, 0.25) is 0 Å². The molecule has 0 spiro atoms. The minimum absolute atomic E-state index is 0.0331. The second kappa shape index (κ2) is 18.6. The van der Waals surface area contributed by atoms with Crippen LogP contribution in [0.1, 0.15) is 41.5 Å². The number of azide groups is 1. The van der Waals surface area contributed by atoms with Gasteiger partial charge in [-0.15, -0.1) is 0 Å². The quantitative estimate of drug-likeness (QED) is 0.0212. The fraction of sp³-hybridized carbons (Fsp3) is 0.480. The van der Waals surface area contributed by atoms with Crippen molar-refractivity contribution in [3.05, 3.63) is 52.4 Å². The Labute approximate surface area is 304 Å². The zero-order chi connectivity index (χ0) is 39.7. The van der Waals surface area contributed by atoms with Crippen molar-refractivity contribution in [2.45, 2.75) is 37.8 Å². The van der Waals surface area contributed by atoms with E-state index in [4.69, 9.17) is 50.3 Å². The van der Waals surface area contributed by atoms with Crippen molar-refractivity contribution in [1.82, 2.24) is 19.5 Å². The fourth-order valence-corrected chi connectivity index (χ4v) is 7.90. The van der Waals surface area contributed by atoms with E-state index in [1.165, 1.54) is 36.0 Å². The van der Waals surface area contributed by atoms with Gasteiger partial charge >= 0.3 is 29.4 Å². The number of hydrogen-bond donors (Lipinski definition) is 7. The zero-order valence-electron chi connectivity index (χ0n) is 28.0. The highest BCUT2D eigenvalue weighted by Gasteiger charge is 2.44. The third-order valence-corrected chi connectivity index (χ3v) is 10.9. The summed E-state index contributed by atoms with van der Waals surface area (Å²) >= 11 is 0. The van der Waals surface area contributed by atoms with E-state index in [-0.39, 0.29) is 60.0 Å². The first-order chi connectivity index (χ1) is 25.4. The summed E-state index contributed by atoms with van der Waals surface area (Å²) in [4.78, 5) is 78.2. The highest BCUT2D eigenvalue weighted by atomic mass is 31.3. The van der Waals surface area contributed by atoms with Crippen LogP contribution in [-0.4, -0.2) is 103 Å². The van der Waals surface area contributed by atoms with Crippen LogP contribution in [0.5, 0.6) is 0 Å². The van der Waals surface area contributed by atoms with E-state index in [1.54, 1.807) is 0 Å². The van der Waals surface area contributed by atoms with Crippen LogP contribution in [0.15, 0.2) is 36.0 Å². The number of amides is 1. The minimum atomic E-state index is -5.85. The lowest BCUT2D eigenvalue weighted by Crippen LogP contribution is -2.31. The van der Waals surface area contributed by atoms with E-state index in [0.717, 1.165) is 6.33 Å². The maximum absolute atomic E-state index is 13.7. The van der Waals surface area contributed by atoms with E-state index >= 15 is 0 Å². The number of phosphoric ester groups is 1. The molecule has 4 rings (SSSR count). The average molecular weight is 825 g/mol. The topological polar surface area (TPSA) is 387 Å². The number of esters is 1. The van der Waals surface area contributed by atoms with Crippen molar-refractivity contribution in [1.29, 1.82) is 0 Å². The molecule has 4 unspecified atom stereocenters. The summed E-state index contributed by atoms with van der Waals surface area (Å²) in [6.45, 7) is 1.19. The fourth-order valence-electron chi connectivity index (χ4n) is 4.87. The second-order valence-electron chi connectivity index (χ2n) is 11.0. The molecule has 26 nitrogen and oxygen atoms in total. The molecule has 0 bridgehead atoms. The summed E-state index contributed by atoms with van der Waals surface area (Å²) in [5, 5.41) is 6.24. The van der Waals surface area contributed by atoms with Crippen molar-refractivity contribution in [3.63, 3.8) is 0 Å². The standard InChI is InChI=1S/C25H35N10O16P3/c1-14(33-34-28)17-8-15(32-20(36)11-46-7-6-45-5-4-26)2-3-16(17)25(37)49-18-9-21(35-13-31-22-23(27)29-12-30-24(22)35)48-19(18)10-47-53(41,42)51-54(43,44)50-52(38,39)40/h2-3,8,12-14,18-19,21H,4-7,9-11,26H2,1H3,(H,32,36)(H,41,42)(H,43,44)(H2,27,29,30)(H2,38,39,40)/t14?,18?,19-,21-/m1/s1. The molecule has 54 heavy (non-hydrogen) atoms. The van der Waals surface area contributed by atoms with E-state index in [0.29, 0.717) is 13.2 Å². The molecule has 6 atom stereocenters. The number of carbonyl (C=O) groups excluding carboxylic acids is 2. The van der Waals surface area contributed by atoms with E-state index in [9.17, 15) is 33.1 Å². The number of nitrogens with two attached hydrogens (primary N) is 2. The summed E-state index contributed by atoms with van der Waals surface area (Å²) < 4.78 is 71.1. The number of carbonyl (C=O) groups is 2. The van der Waals surface area contributed by atoms with Gasteiger partial charge in [0.1, 0.15) is 36.9 Å². The van der Waals surface area contributed by atoms with Gasteiger partial charge in [-0.05, 0) is 29.3 Å². The van der Waals surface area contributed by atoms with Crippen LogP contribution < -0.4 is 16.8 Å². The minimum Gasteiger partial charge on any atom is -0.456 e. The number of nitrogen functional groups attached to an aromatic ring is 1. The Morgan fingerprint density at radius 2 is 1.85 bits per heavy atom. The first kappa shape index (κ1) is 42.8. The van der Waals surface area contributed by atoms with Gasteiger partial charge in [0.2, 0.25) is 5.91 Å². The molecule has 1 amide bonds. The molecule has 1 saturated heterocycles. The van der Waals surface area contributed by atoms with Crippen molar-refractivity contribution < 1.29 is 75.0 Å². The van der Waals surface area contributed by atoms with Gasteiger partial charge in [-0.3, -0.25) is 13.9 Å². The van der Waals surface area contributed by atoms with Crippen molar-refractivity contribution in [2.75, 3.05) is 50.6 Å². The predicted octanol–water partition coefficient (Wildman–Crippen LogP) is 1.57. The van der Waals surface area contributed by atoms with Crippen LogP contribution in [0.25, 0.3) is 21.6 Å². The van der Waals surface area contributed by atoms with E-state index in [1.807, 2.05) is 0 Å². The van der Waals surface area contributed by atoms with Crippen molar-refractivity contribution in [2.24, 2.45) is 10.8 Å². The van der Waals surface area contributed by atoms with Crippen LogP contribution in [0.4, 0.5) is 11.5 Å². The SMILES string of the molecule is CC(N=[N+]=[N-])c1cc(NC(=O)COCCOCCN)ccc1C(=O)OC1C[C@H](n2cnc3c(N)ncnc32)O[C@@H]1COP(=O)(O)OP(=O)(O)OP(=O)(O)O. The molecular weight excluding hydrogens is 789 g/mol. The van der Waals surface area contributed by atoms with E-state index in [2.05, 4.69) is 38.9 Å². The largest absolute Gasteiger partial charge is 0.490 e. The number of fused-ring (bicyclic) bond motifs is 1. The van der Waals surface area contributed by atoms with Gasteiger partial charge in [0.05, 0.1) is 44.4 Å². The summed E-state index contributed by atoms with van der Waals surface area (Å²) in [5.74, 6) is -1.52. The lowest BCUT2D eigenvalue weighted by molar-refractivity contribution is -0.121.